The van der Waals surface area contributed by atoms with E-state index in [2.05, 4.69) is 19.2 Å². The first kappa shape index (κ1) is 16.3. The van der Waals surface area contributed by atoms with Gasteiger partial charge in [0, 0.05) is 6.04 Å². The minimum absolute atomic E-state index is 0.274. The van der Waals surface area contributed by atoms with Crippen molar-refractivity contribution in [2.45, 2.75) is 84.8 Å². The zero-order chi connectivity index (χ0) is 13.3. The summed E-state index contributed by atoms with van der Waals surface area (Å²) in [6.45, 7) is 9.90. The smallest absolute Gasteiger partial charge is 0.407 e. The highest BCUT2D eigenvalue weighted by molar-refractivity contribution is 5.68. The predicted octanol–water partition coefficient (Wildman–Crippen LogP) is 4.26. The van der Waals surface area contributed by atoms with Crippen LogP contribution in [0.25, 0.3) is 0 Å². The Morgan fingerprint density at radius 1 is 1.18 bits per heavy atom. The van der Waals surface area contributed by atoms with Gasteiger partial charge >= 0.3 is 6.09 Å². The van der Waals surface area contributed by atoms with Gasteiger partial charge in [0.15, 0.2) is 0 Å². The molecule has 0 spiro atoms. The van der Waals surface area contributed by atoms with Crippen LogP contribution in [-0.4, -0.2) is 17.7 Å². The molecule has 0 atom stereocenters. The summed E-state index contributed by atoms with van der Waals surface area (Å²) >= 11 is 0. The molecule has 3 heteroatoms. The van der Waals surface area contributed by atoms with E-state index in [9.17, 15) is 4.79 Å². The Balaban J connectivity index is 0.000000770. The summed E-state index contributed by atoms with van der Waals surface area (Å²) in [7, 11) is 0. The van der Waals surface area contributed by atoms with Gasteiger partial charge in [-0.05, 0) is 33.6 Å². The number of carbonyl (C=O) groups is 1. The normalized spacial score (nSPS) is 16.8. The number of nitrogens with one attached hydrogen (secondary N) is 1. The zero-order valence-corrected chi connectivity index (χ0v) is 12.1. The first-order valence-electron chi connectivity index (χ1n) is 6.88. The molecule has 1 aliphatic rings. The van der Waals surface area contributed by atoms with Crippen LogP contribution in [-0.2, 0) is 4.74 Å². The molecule has 0 saturated heterocycles. The molecule has 1 rings (SSSR count). The molecular formula is C14H29NO2. The van der Waals surface area contributed by atoms with Crippen molar-refractivity contribution in [1.82, 2.24) is 5.32 Å². The Labute approximate surface area is 106 Å². The fourth-order valence-electron chi connectivity index (χ4n) is 1.72. The molecule has 3 nitrogen and oxygen atoms in total. The Morgan fingerprint density at radius 2 is 1.65 bits per heavy atom. The molecule has 0 aliphatic heterocycles. The Morgan fingerprint density at radius 3 is 2.06 bits per heavy atom. The molecule has 0 heterocycles. The van der Waals surface area contributed by atoms with Gasteiger partial charge in [0.05, 0.1) is 0 Å². The molecule has 102 valence electrons. The summed E-state index contributed by atoms with van der Waals surface area (Å²) in [4.78, 5) is 11.4. The highest BCUT2D eigenvalue weighted by Gasteiger charge is 2.20. The van der Waals surface area contributed by atoms with Crippen LogP contribution in [0, 0.1) is 0 Å². The minimum atomic E-state index is -0.390. The van der Waals surface area contributed by atoms with E-state index in [1.165, 1.54) is 25.7 Å². The Kier molecular flexibility index (Phi) is 8.01. The fraction of sp³-hybridized carbons (Fsp3) is 0.929. The molecule has 0 radical (unpaired) electrons. The van der Waals surface area contributed by atoms with Gasteiger partial charge in [0.1, 0.15) is 5.60 Å². The first-order chi connectivity index (χ1) is 7.89. The van der Waals surface area contributed by atoms with Crippen LogP contribution in [0.3, 0.4) is 0 Å². The van der Waals surface area contributed by atoms with E-state index in [4.69, 9.17) is 4.74 Å². The van der Waals surface area contributed by atoms with Crippen molar-refractivity contribution in [1.29, 1.82) is 0 Å². The van der Waals surface area contributed by atoms with E-state index < -0.39 is 5.60 Å². The third kappa shape index (κ3) is 10.2. The van der Waals surface area contributed by atoms with Crippen molar-refractivity contribution in [2.24, 2.45) is 0 Å². The van der Waals surface area contributed by atoms with Crippen LogP contribution in [0.15, 0.2) is 0 Å². The van der Waals surface area contributed by atoms with Crippen molar-refractivity contribution in [3.05, 3.63) is 0 Å². The topological polar surface area (TPSA) is 38.3 Å². The standard InChI is InChI=1S/C11H21NO2.C3H8/c1-11(2,3)14-10(13)12-9-7-5-4-6-8-9;1-3-2/h9H,4-8H2,1-3H3,(H,12,13);3H2,1-2H3. The number of hydrogen-bond acceptors (Lipinski definition) is 2. The number of alkyl carbamates (subject to hydrolysis) is 1. The maximum absolute atomic E-state index is 11.4. The molecule has 0 aromatic rings. The third-order valence-electron chi connectivity index (χ3n) is 2.33. The lowest BCUT2D eigenvalue weighted by molar-refractivity contribution is 0.0493. The van der Waals surface area contributed by atoms with Gasteiger partial charge in [-0.1, -0.05) is 39.5 Å². The largest absolute Gasteiger partial charge is 0.444 e. The maximum Gasteiger partial charge on any atom is 0.407 e. The number of rotatable bonds is 1. The molecule has 0 unspecified atom stereocenters. The van der Waals surface area contributed by atoms with Crippen molar-refractivity contribution >= 4 is 6.09 Å². The molecule has 1 N–H and O–H groups in total. The number of carbonyl (C=O) groups excluding carboxylic acids is 1. The van der Waals surface area contributed by atoms with E-state index >= 15 is 0 Å². The summed E-state index contributed by atoms with van der Waals surface area (Å²) in [6.07, 6.45) is 6.91. The van der Waals surface area contributed by atoms with Crippen molar-refractivity contribution in [3.8, 4) is 0 Å². The third-order valence-corrected chi connectivity index (χ3v) is 2.33. The van der Waals surface area contributed by atoms with Crippen LogP contribution < -0.4 is 5.32 Å². The maximum atomic E-state index is 11.4. The number of amides is 1. The van der Waals surface area contributed by atoms with Crippen LogP contribution in [0.1, 0.15) is 73.1 Å². The predicted molar refractivity (Wildman–Crippen MR) is 72.2 cm³/mol. The molecule has 1 aliphatic carbocycles. The van der Waals surface area contributed by atoms with Gasteiger partial charge in [-0.3, -0.25) is 0 Å². The first-order valence-corrected chi connectivity index (χ1v) is 6.88. The second-order valence-corrected chi connectivity index (χ2v) is 5.69. The summed E-state index contributed by atoms with van der Waals surface area (Å²) in [6, 6.07) is 0.332. The second-order valence-electron chi connectivity index (χ2n) is 5.69. The fourth-order valence-corrected chi connectivity index (χ4v) is 1.72. The summed E-state index contributed by atoms with van der Waals surface area (Å²) in [5, 5.41) is 2.91. The summed E-state index contributed by atoms with van der Waals surface area (Å²) < 4.78 is 5.19. The summed E-state index contributed by atoms with van der Waals surface area (Å²) in [5.41, 5.74) is -0.390. The lowest BCUT2D eigenvalue weighted by atomic mass is 9.96. The van der Waals surface area contributed by atoms with Gasteiger partial charge in [-0.25, -0.2) is 4.79 Å². The van der Waals surface area contributed by atoms with E-state index in [0.717, 1.165) is 12.8 Å². The molecule has 0 bridgehead atoms. The molecule has 0 aromatic carbocycles. The van der Waals surface area contributed by atoms with Gasteiger partial charge < -0.3 is 10.1 Å². The van der Waals surface area contributed by atoms with Gasteiger partial charge in [-0.15, -0.1) is 0 Å². The van der Waals surface area contributed by atoms with E-state index in [1.54, 1.807) is 0 Å². The molecule has 1 fully saturated rings. The highest BCUT2D eigenvalue weighted by atomic mass is 16.6. The Hall–Kier alpha value is -0.730. The number of ether oxygens (including phenoxy) is 1. The monoisotopic (exact) mass is 243 g/mol. The SMILES string of the molecule is CC(C)(C)OC(=O)NC1CCCCC1.CCC. The molecule has 0 aromatic heterocycles. The lowest BCUT2D eigenvalue weighted by Crippen LogP contribution is -2.39. The average Bonchev–Trinajstić information content (AvgIpc) is 2.17. The van der Waals surface area contributed by atoms with Gasteiger partial charge in [0.25, 0.3) is 0 Å². The zero-order valence-electron chi connectivity index (χ0n) is 12.1. The van der Waals surface area contributed by atoms with Crippen molar-refractivity contribution in [2.75, 3.05) is 0 Å². The van der Waals surface area contributed by atoms with Gasteiger partial charge in [0.2, 0.25) is 0 Å². The molecule has 1 amide bonds. The highest BCUT2D eigenvalue weighted by Crippen LogP contribution is 2.18. The molecular weight excluding hydrogens is 214 g/mol. The Bertz CT molecular complexity index is 203. The summed E-state index contributed by atoms with van der Waals surface area (Å²) in [5.74, 6) is 0. The van der Waals surface area contributed by atoms with E-state index in [1.807, 2.05) is 20.8 Å². The van der Waals surface area contributed by atoms with Crippen molar-refractivity contribution < 1.29 is 9.53 Å². The molecule has 1 saturated carbocycles. The lowest BCUT2D eigenvalue weighted by Gasteiger charge is -2.25. The second kappa shape index (κ2) is 8.37. The van der Waals surface area contributed by atoms with Crippen LogP contribution in [0.5, 0.6) is 0 Å². The quantitative estimate of drug-likeness (QED) is 0.747. The average molecular weight is 243 g/mol. The van der Waals surface area contributed by atoms with Crippen molar-refractivity contribution in [3.63, 3.8) is 0 Å². The van der Waals surface area contributed by atoms with Crippen LogP contribution in [0.4, 0.5) is 4.79 Å². The van der Waals surface area contributed by atoms with Gasteiger partial charge in [-0.2, -0.15) is 0 Å². The van der Waals surface area contributed by atoms with E-state index in [0.29, 0.717) is 6.04 Å². The minimum Gasteiger partial charge on any atom is -0.444 e. The van der Waals surface area contributed by atoms with Crippen LogP contribution in [0.2, 0.25) is 0 Å². The van der Waals surface area contributed by atoms with E-state index in [-0.39, 0.29) is 6.09 Å². The molecule has 17 heavy (non-hydrogen) atoms. The number of hydrogen-bond donors (Lipinski definition) is 1. The van der Waals surface area contributed by atoms with Crippen LogP contribution >= 0.6 is 0 Å².